The van der Waals surface area contributed by atoms with Gasteiger partial charge in [-0.15, -0.1) is 0 Å². The molecular formula is C20H19FN2O2. The molecule has 0 unspecified atom stereocenters. The Balaban J connectivity index is 1.54. The van der Waals surface area contributed by atoms with E-state index in [2.05, 4.69) is 5.32 Å². The standard InChI is InChI=1S/C20H19FN2O2/c1-13(24)23-11-8-14-12-17(6-7-18(14)23)22-19(25)20(9-10-20)15-2-4-16(21)5-3-15/h2-7,12H,8-11H2,1H3,(H,22,25). The van der Waals surface area contributed by atoms with E-state index in [0.717, 1.165) is 41.8 Å². The van der Waals surface area contributed by atoms with Gasteiger partial charge in [0.25, 0.3) is 0 Å². The lowest BCUT2D eigenvalue weighted by Gasteiger charge is -2.17. The summed E-state index contributed by atoms with van der Waals surface area (Å²) in [6.45, 7) is 2.24. The maximum absolute atomic E-state index is 13.1. The lowest BCUT2D eigenvalue weighted by Crippen LogP contribution is -2.28. The van der Waals surface area contributed by atoms with Crippen LogP contribution in [0.2, 0.25) is 0 Å². The van der Waals surface area contributed by atoms with Gasteiger partial charge in [-0.1, -0.05) is 12.1 Å². The van der Waals surface area contributed by atoms with Gasteiger partial charge in [0.2, 0.25) is 11.8 Å². The average molecular weight is 338 g/mol. The summed E-state index contributed by atoms with van der Waals surface area (Å²) in [7, 11) is 0. The van der Waals surface area contributed by atoms with Gasteiger partial charge in [-0.2, -0.15) is 0 Å². The molecule has 2 aliphatic rings. The Morgan fingerprint density at radius 2 is 1.84 bits per heavy atom. The van der Waals surface area contributed by atoms with Crippen molar-refractivity contribution in [1.82, 2.24) is 0 Å². The van der Waals surface area contributed by atoms with E-state index in [-0.39, 0.29) is 17.6 Å². The van der Waals surface area contributed by atoms with E-state index in [4.69, 9.17) is 0 Å². The quantitative estimate of drug-likeness (QED) is 0.932. The first-order valence-electron chi connectivity index (χ1n) is 8.48. The zero-order valence-electron chi connectivity index (χ0n) is 14.0. The molecule has 0 bridgehead atoms. The van der Waals surface area contributed by atoms with Crippen LogP contribution in [0.4, 0.5) is 15.8 Å². The molecule has 1 aliphatic heterocycles. The van der Waals surface area contributed by atoms with Crippen LogP contribution >= 0.6 is 0 Å². The number of anilines is 2. The van der Waals surface area contributed by atoms with Crippen molar-refractivity contribution in [3.8, 4) is 0 Å². The summed E-state index contributed by atoms with van der Waals surface area (Å²) in [6, 6.07) is 11.8. The monoisotopic (exact) mass is 338 g/mol. The smallest absolute Gasteiger partial charge is 0.235 e. The molecule has 2 aromatic rings. The number of nitrogens with one attached hydrogen (secondary N) is 1. The lowest BCUT2D eigenvalue weighted by molar-refractivity contribution is -0.118. The minimum Gasteiger partial charge on any atom is -0.325 e. The largest absolute Gasteiger partial charge is 0.325 e. The van der Waals surface area contributed by atoms with E-state index in [1.54, 1.807) is 24.0 Å². The highest BCUT2D eigenvalue weighted by Gasteiger charge is 2.51. The van der Waals surface area contributed by atoms with Crippen LogP contribution in [0.15, 0.2) is 42.5 Å². The Hall–Kier alpha value is -2.69. The Labute approximate surface area is 145 Å². The van der Waals surface area contributed by atoms with Crippen molar-refractivity contribution in [2.24, 2.45) is 0 Å². The summed E-state index contributed by atoms with van der Waals surface area (Å²) in [6.07, 6.45) is 2.34. The van der Waals surface area contributed by atoms with Gasteiger partial charge >= 0.3 is 0 Å². The topological polar surface area (TPSA) is 49.4 Å². The lowest BCUT2D eigenvalue weighted by atomic mass is 9.95. The van der Waals surface area contributed by atoms with Crippen molar-refractivity contribution in [2.75, 3.05) is 16.8 Å². The highest BCUT2D eigenvalue weighted by Crippen LogP contribution is 2.49. The molecule has 4 nitrogen and oxygen atoms in total. The van der Waals surface area contributed by atoms with Crippen molar-refractivity contribution >= 4 is 23.2 Å². The van der Waals surface area contributed by atoms with Crippen LogP contribution < -0.4 is 10.2 Å². The highest BCUT2D eigenvalue weighted by atomic mass is 19.1. The number of carbonyl (C=O) groups excluding carboxylic acids is 2. The molecule has 2 amide bonds. The number of rotatable bonds is 3. The van der Waals surface area contributed by atoms with Crippen molar-refractivity contribution in [1.29, 1.82) is 0 Å². The fourth-order valence-electron chi connectivity index (χ4n) is 3.60. The maximum atomic E-state index is 13.1. The summed E-state index contributed by atoms with van der Waals surface area (Å²) in [4.78, 5) is 26.2. The fourth-order valence-corrected chi connectivity index (χ4v) is 3.60. The molecule has 4 rings (SSSR count). The number of hydrogen-bond donors (Lipinski definition) is 1. The van der Waals surface area contributed by atoms with Gasteiger partial charge in [0.05, 0.1) is 5.41 Å². The highest BCUT2D eigenvalue weighted by molar-refractivity contribution is 6.02. The van der Waals surface area contributed by atoms with E-state index in [1.165, 1.54) is 12.1 Å². The number of hydrogen-bond acceptors (Lipinski definition) is 2. The van der Waals surface area contributed by atoms with Crippen molar-refractivity contribution in [2.45, 2.75) is 31.6 Å². The van der Waals surface area contributed by atoms with E-state index >= 15 is 0 Å². The first kappa shape index (κ1) is 15.8. The first-order chi connectivity index (χ1) is 12.0. The van der Waals surface area contributed by atoms with Crippen molar-refractivity contribution in [3.63, 3.8) is 0 Å². The number of amides is 2. The summed E-state index contributed by atoms with van der Waals surface area (Å²) >= 11 is 0. The van der Waals surface area contributed by atoms with Crippen LogP contribution in [0.1, 0.15) is 30.9 Å². The number of nitrogens with zero attached hydrogens (tertiary/aromatic N) is 1. The SMILES string of the molecule is CC(=O)N1CCc2cc(NC(=O)C3(c4ccc(F)cc4)CC3)ccc21. The number of fused-ring (bicyclic) bond motifs is 1. The zero-order chi connectivity index (χ0) is 17.6. The van der Waals surface area contributed by atoms with Crippen molar-refractivity contribution < 1.29 is 14.0 Å². The van der Waals surface area contributed by atoms with Gasteiger partial charge in [0, 0.05) is 24.8 Å². The van der Waals surface area contributed by atoms with Crippen LogP contribution in [0.25, 0.3) is 0 Å². The van der Waals surface area contributed by atoms with Crippen LogP contribution in [-0.2, 0) is 21.4 Å². The number of benzene rings is 2. The third-order valence-electron chi connectivity index (χ3n) is 5.19. The second-order valence-electron chi connectivity index (χ2n) is 6.81. The van der Waals surface area contributed by atoms with E-state index in [9.17, 15) is 14.0 Å². The normalized spacial score (nSPS) is 17.1. The predicted octanol–water partition coefficient (Wildman–Crippen LogP) is 3.41. The molecule has 1 heterocycles. The second kappa shape index (κ2) is 5.69. The fraction of sp³-hybridized carbons (Fsp3) is 0.300. The second-order valence-corrected chi connectivity index (χ2v) is 6.81. The molecule has 1 fully saturated rings. The van der Waals surface area contributed by atoms with Gasteiger partial charge in [0.15, 0.2) is 0 Å². The molecule has 0 radical (unpaired) electrons. The Kier molecular flexibility index (Phi) is 3.60. The van der Waals surface area contributed by atoms with E-state index in [0.29, 0.717) is 6.54 Å². The molecule has 5 heteroatoms. The summed E-state index contributed by atoms with van der Waals surface area (Å²) in [5.74, 6) is -0.321. The summed E-state index contributed by atoms with van der Waals surface area (Å²) in [5.41, 5.74) is 3.04. The molecule has 0 atom stereocenters. The molecule has 1 aliphatic carbocycles. The maximum Gasteiger partial charge on any atom is 0.235 e. The minimum atomic E-state index is -0.544. The third kappa shape index (κ3) is 2.69. The number of halogens is 1. The summed E-state index contributed by atoms with van der Waals surface area (Å²) in [5, 5.41) is 3.00. The van der Waals surface area contributed by atoms with Crippen LogP contribution in [0.3, 0.4) is 0 Å². The molecule has 2 aromatic carbocycles. The minimum absolute atomic E-state index is 0.0313. The Bertz CT molecular complexity index is 856. The van der Waals surface area contributed by atoms with Gasteiger partial charge in [-0.25, -0.2) is 4.39 Å². The third-order valence-corrected chi connectivity index (χ3v) is 5.19. The zero-order valence-corrected chi connectivity index (χ0v) is 14.0. The van der Waals surface area contributed by atoms with Gasteiger partial charge < -0.3 is 10.2 Å². The molecule has 128 valence electrons. The molecule has 0 spiro atoms. The molecule has 1 saturated carbocycles. The van der Waals surface area contributed by atoms with Gasteiger partial charge in [-0.3, -0.25) is 9.59 Å². The van der Waals surface area contributed by atoms with E-state index < -0.39 is 5.41 Å². The van der Waals surface area contributed by atoms with Crippen LogP contribution in [-0.4, -0.2) is 18.4 Å². The molecule has 1 N–H and O–H groups in total. The van der Waals surface area contributed by atoms with Crippen LogP contribution in [0, 0.1) is 5.82 Å². The van der Waals surface area contributed by atoms with E-state index in [1.807, 2.05) is 18.2 Å². The van der Waals surface area contributed by atoms with Crippen LogP contribution in [0.5, 0.6) is 0 Å². The Morgan fingerprint density at radius 1 is 1.12 bits per heavy atom. The predicted molar refractivity (Wildman–Crippen MR) is 94.1 cm³/mol. The Morgan fingerprint density at radius 3 is 2.48 bits per heavy atom. The average Bonchev–Trinajstić information content (AvgIpc) is 3.29. The molecule has 25 heavy (non-hydrogen) atoms. The first-order valence-corrected chi connectivity index (χ1v) is 8.48. The number of carbonyl (C=O) groups is 2. The summed E-state index contributed by atoms with van der Waals surface area (Å²) < 4.78 is 13.1. The van der Waals surface area contributed by atoms with Gasteiger partial charge in [-0.05, 0) is 60.7 Å². The molecule has 0 aromatic heterocycles. The van der Waals surface area contributed by atoms with Gasteiger partial charge in [0.1, 0.15) is 5.82 Å². The molecule has 0 saturated heterocycles. The molecular weight excluding hydrogens is 319 g/mol. The van der Waals surface area contributed by atoms with Crippen molar-refractivity contribution in [3.05, 3.63) is 59.4 Å².